The van der Waals surface area contributed by atoms with E-state index >= 15 is 0 Å². The molecule has 1 rings (SSSR count). The van der Waals surface area contributed by atoms with Gasteiger partial charge in [-0.2, -0.15) is 0 Å². The van der Waals surface area contributed by atoms with Crippen molar-refractivity contribution in [3.63, 3.8) is 0 Å². The second-order valence-corrected chi connectivity index (χ2v) is 6.61. The molecule has 1 heterocycles. The van der Waals surface area contributed by atoms with Crippen LogP contribution in [0, 0.1) is 5.41 Å². The summed E-state index contributed by atoms with van der Waals surface area (Å²) >= 11 is 0. The highest BCUT2D eigenvalue weighted by molar-refractivity contribution is 4.89. The summed E-state index contributed by atoms with van der Waals surface area (Å²) in [6, 6.07) is 0. The van der Waals surface area contributed by atoms with Crippen molar-refractivity contribution in [2.45, 2.75) is 78.7 Å². The van der Waals surface area contributed by atoms with Gasteiger partial charge in [-0.3, -0.25) is 4.90 Å². The average Bonchev–Trinajstić information content (AvgIpc) is 2.26. The number of piperidine rings is 1. The predicted molar refractivity (Wildman–Crippen MR) is 72.8 cm³/mol. The second kappa shape index (κ2) is 5.53. The largest absolute Gasteiger partial charge is 0.298 e. The van der Waals surface area contributed by atoms with E-state index in [-0.39, 0.29) is 0 Å². The molecule has 0 atom stereocenters. The quantitative estimate of drug-likeness (QED) is 0.682. The van der Waals surface area contributed by atoms with Gasteiger partial charge in [0.2, 0.25) is 0 Å². The van der Waals surface area contributed by atoms with Gasteiger partial charge < -0.3 is 0 Å². The molecule has 1 nitrogen and oxygen atoms in total. The average molecular weight is 225 g/mol. The summed E-state index contributed by atoms with van der Waals surface area (Å²) in [6.07, 6.45) is 8.44. The summed E-state index contributed by atoms with van der Waals surface area (Å²) in [7, 11) is 0. The molecule has 0 aromatic rings. The van der Waals surface area contributed by atoms with E-state index in [4.69, 9.17) is 0 Å². The van der Waals surface area contributed by atoms with E-state index in [0.717, 1.165) is 0 Å². The Bertz CT molecular complexity index is 194. The Morgan fingerprint density at radius 1 is 1.06 bits per heavy atom. The van der Waals surface area contributed by atoms with Crippen molar-refractivity contribution in [3.8, 4) is 0 Å². The zero-order chi connectivity index (χ0) is 12.2. The van der Waals surface area contributed by atoms with Crippen molar-refractivity contribution in [3.05, 3.63) is 0 Å². The summed E-state index contributed by atoms with van der Waals surface area (Å²) in [5, 5.41) is 0. The minimum absolute atomic E-state index is 0.366. The highest BCUT2D eigenvalue weighted by Gasteiger charge is 2.35. The van der Waals surface area contributed by atoms with E-state index < -0.39 is 0 Å². The number of nitrogens with zero attached hydrogens (tertiary/aromatic N) is 1. The molecule has 0 unspecified atom stereocenters. The fourth-order valence-electron chi connectivity index (χ4n) is 2.98. The Morgan fingerprint density at radius 3 is 2.00 bits per heavy atom. The third kappa shape index (κ3) is 3.48. The van der Waals surface area contributed by atoms with E-state index in [0.29, 0.717) is 11.0 Å². The summed E-state index contributed by atoms with van der Waals surface area (Å²) in [5.74, 6) is 0. The van der Waals surface area contributed by atoms with Crippen LogP contribution in [0.2, 0.25) is 0 Å². The number of hydrogen-bond acceptors (Lipinski definition) is 1. The zero-order valence-corrected chi connectivity index (χ0v) is 12.1. The molecule has 0 radical (unpaired) electrons. The van der Waals surface area contributed by atoms with Crippen molar-refractivity contribution >= 4 is 0 Å². The Balaban J connectivity index is 2.50. The molecular weight excluding hydrogens is 194 g/mol. The number of likely N-dealkylation sites (tertiary alicyclic amines) is 1. The van der Waals surface area contributed by atoms with E-state index in [1.807, 2.05) is 0 Å². The topological polar surface area (TPSA) is 3.24 Å². The van der Waals surface area contributed by atoms with Crippen molar-refractivity contribution in [2.24, 2.45) is 5.41 Å². The van der Waals surface area contributed by atoms with Crippen LogP contribution < -0.4 is 0 Å². The third-order valence-electron chi connectivity index (χ3n) is 4.58. The molecule has 0 aromatic heterocycles. The standard InChI is InChI=1S/C15H31N/c1-6-8-9-15(7-2)10-12-16(13-11-15)14(3,4)5/h6-13H2,1-5H3. The van der Waals surface area contributed by atoms with Gasteiger partial charge in [-0.25, -0.2) is 0 Å². The van der Waals surface area contributed by atoms with Crippen molar-refractivity contribution < 1.29 is 0 Å². The first kappa shape index (κ1) is 14.0. The predicted octanol–water partition coefficient (Wildman–Crippen LogP) is 4.47. The molecule has 0 aliphatic carbocycles. The van der Waals surface area contributed by atoms with Crippen molar-refractivity contribution in [2.75, 3.05) is 13.1 Å². The molecule has 16 heavy (non-hydrogen) atoms. The van der Waals surface area contributed by atoms with Crippen LogP contribution in [0.3, 0.4) is 0 Å². The summed E-state index contributed by atoms with van der Waals surface area (Å²) in [6.45, 7) is 14.4. The second-order valence-electron chi connectivity index (χ2n) is 6.61. The Hall–Kier alpha value is -0.0400. The lowest BCUT2D eigenvalue weighted by Crippen LogP contribution is -2.48. The maximum Gasteiger partial charge on any atom is 0.0125 e. The molecule has 0 amide bonds. The monoisotopic (exact) mass is 225 g/mol. The van der Waals surface area contributed by atoms with Gasteiger partial charge in [0.05, 0.1) is 0 Å². The minimum Gasteiger partial charge on any atom is -0.298 e. The van der Waals surface area contributed by atoms with Crippen molar-refractivity contribution in [1.82, 2.24) is 4.90 Å². The first-order chi connectivity index (χ1) is 7.43. The third-order valence-corrected chi connectivity index (χ3v) is 4.58. The van der Waals surface area contributed by atoms with Crippen LogP contribution in [0.25, 0.3) is 0 Å². The number of rotatable bonds is 4. The van der Waals surface area contributed by atoms with E-state index in [1.54, 1.807) is 0 Å². The zero-order valence-electron chi connectivity index (χ0n) is 12.1. The Kier molecular flexibility index (Phi) is 4.85. The van der Waals surface area contributed by atoms with Crippen LogP contribution in [-0.4, -0.2) is 23.5 Å². The maximum absolute atomic E-state index is 2.66. The van der Waals surface area contributed by atoms with Crippen LogP contribution in [0.1, 0.15) is 73.1 Å². The van der Waals surface area contributed by atoms with Gasteiger partial charge >= 0.3 is 0 Å². The fraction of sp³-hybridized carbons (Fsp3) is 1.00. The van der Waals surface area contributed by atoms with Crippen LogP contribution in [0.15, 0.2) is 0 Å². The summed E-state index contributed by atoms with van der Waals surface area (Å²) in [5.41, 5.74) is 1.04. The number of hydrogen-bond donors (Lipinski definition) is 0. The number of unbranched alkanes of at least 4 members (excludes halogenated alkanes) is 1. The molecule has 96 valence electrons. The molecule has 1 aliphatic rings. The minimum atomic E-state index is 0.366. The molecule has 1 fully saturated rings. The van der Waals surface area contributed by atoms with E-state index in [1.165, 1.54) is 51.6 Å². The van der Waals surface area contributed by atoms with Gasteiger partial charge in [0.15, 0.2) is 0 Å². The van der Waals surface area contributed by atoms with E-state index in [2.05, 4.69) is 39.5 Å². The first-order valence-corrected chi connectivity index (χ1v) is 7.18. The van der Waals surface area contributed by atoms with Gasteiger partial charge in [-0.1, -0.05) is 33.1 Å². The highest BCUT2D eigenvalue weighted by Crippen LogP contribution is 2.40. The summed E-state index contributed by atoms with van der Waals surface area (Å²) in [4.78, 5) is 2.66. The maximum atomic E-state index is 2.66. The molecule has 0 bridgehead atoms. The smallest absolute Gasteiger partial charge is 0.0125 e. The van der Waals surface area contributed by atoms with Crippen molar-refractivity contribution in [1.29, 1.82) is 0 Å². The molecule has 0 spiro atoms. The molecule has 1 heteroatoms. The Labute approximate surface area is 103 Å². The lowest BCUT2D eigenvalue weighted by atomic mass is 9.72. The van der Waals surface area contributed by atoms with Crippen LogP contribution in [-0.2, 0) is 0 Å². The molecule has 0 N–H and O–H groups in total. The molecular formula is C15H31N. The van der Waals surface area contributed by atoms with Crippen LogP contribution in [0.5, 0.6) is 0 Å². The molecule has 0 aromatic carbocycles. The molecule has 1 aliphatic heterocycles. The fourth-order valence-corrected chi connectivity index (χ4v) is 2.98. The lowest BCUT2D eigenvalue weighted by molar-refractivity contribution is 0.0344. The van der Waals surface area contributed by atoms with Gasteiger partial charge in [-0.05, 0) is 58.5 Å². The first-order valence-electron chi connectivity index (χ1n) is 7.18. The normalized spacial score (nSPS) is 22.3. The molecule has 0 saturated carbocycles. The SMILES string of the molecule is CCCCC1(CC)CCN(C(C)(C)C)CC1. The summed E-state index contributed by atoms with van der Waals surface area (Å²) < 4.78 is 0. The lowest BCUT2D eigenvalue weighted by Gasteiger charge is -2.46. The van der Waals surface area contributed by atoms with Crippen LogP contribution in [0.4, 0.5) is 0 Å². The highest BCUT2D eigenvalue weighted by atomic mass is 15.2. The van der Waals surface area contributed by atoms with Gasteiger partial charge in [0, 0.05) is 5.54 Å². The van der Waals surface area contributed by atoms with E-state index in [9.17, 15) is 0 Å². The van der Waals surface area contributed by atoms with Gasteiger partial charge in [-0.15, -0.1) is 0 Å². The van der Waals surface area contributed by atoms with Gasteiger partial charge in [0.25, 0.3) is 0 Å². The van der Waals surface area contributed by atoms with Gasteiger partial charge in [0.1, 0.15) is 0 Å². The molecule has 1 saturated heterocycles. The van der Waals surface area contributed by atoms with Crippen LogP contribution >= 0.6 is 0 Å². The Morgan fingerprint density at radius 2 is 1.62 bits per heavy atom.